The third-order valence-corrected chi connectivity index (χ3v) is 7.08. The average Bonchev–Trinajstić information content (AvgIpc) is 3.57. The quantitative estimate of drug-likeness (QED) is 0.307. The fraction of sp³-hybridized carbons (Fsp3) is 0.258. The summed E-state index contributed by atoms with van der Waals surface area (Å²) in [5.41, 5.74) is 0.805. The van der Waals surface area contributed by atoms with Gasteiger partial charge in [0.15, 0.2) is 5.60 Å². The molecule has 0 bridgehead atoms. The van der Waals surface area contributed by atoms with Gasteiger partial charge in [-0.25, -0.2) is 9.69 Å². The van der Waals surface area contributed by atoms with Crippen LogP contribution in [0, 0.1) is 0 Å². The van der Waals surface area contributed by atoms with Crippen molar-refractivity contribution in [1.82, 2.24) is 10.1 Å². The molecule has 0 aliphatic carbocycles. The Kier molecular flexibility index (Phi) is 7.08. The lowest BCUT2D eigenvalue weighted by molar-refractivity contribution is -0.175. The van der Waals surface area contributed by atoms with Crippen molar-refractivity contribution in [2.45, 2.75) is 50.7 Å². The van der Waals surface area contributed by atoms with Crippen LogP contribution in [0.5, 0.6) is 0 Å². The Balaban J connectivity index is 1.46. The number of aromatic nitrogens is 1. The Bertz CT molecular complexity index is 1420. The van der Waals surface area contributed by atoms with Crippen LogP contribution < -0.4 is 0 Å². The Morgan fingerprint density at radius 3 is 2.23 bits per heavy atom. The highest BCUT2D eigenvalue weighted by Crippen LogP contribution is 2.44. The third-order valence-electron chi connectivity index (χ3n) is 7.08. The Hall–Kier alpha value is -4.27. The minimum atomic E-state index is -1.90. The summed E-state index contributed by atoms with van der Waals surface area (Å²) >= 11 is 0. The number of hydrogen-bond acceptors (Lipinski definition) is 7. The van der Waals surface area contributed by atoms with E-state index in [1.54, 1.807) is 13.8 Å². The molecule has 1 aliphatic heterocycles. The predicted octanol–water partition coefficient (Wildman–Crippen LogP) is 5.85. The number of carbonyl (C=O) groups is 2. The standard InChI is InChI=1S/C31H30N2O6/c1-30(2)26(24-12-8-5-9-13-24)33(29(36)39-30)28(35)31(3,27(34)25-18-19-38-32-25)37-20-21-14-16-23(17-15-21)22-10-6-4-7-11-22/h4-19,26-27,34H,20H2,1-3H3/t26-,27-,31-/m0/s1. The predicted molar refractivity (Wildman–Crippen MR) is 143 cm³/mol. The number of nitrogens with zero attached hydrogens (tertiary/aromatic N) is 2. The fourth-order valence-electron chi connectivity index (χ4n) is 4.93. The van der Waals surface area contributed by atoms with Gasteiger partial charge in [-0.05, 0) is 43.0 Å². The zero-order chi connectivity index (χ0) is 27.6. The van der Waals surface area contributed by atoms with E-state index in [2.05, 4.69) is 5.16 Å². The Morgan fingerprint density at radius 1 is 1.00 bits per heavy atom. The molecule has 1 N–H and O–H groups in total. The first-order valence-electron chi connectivity index (χ1n) is 12.7. The zero-order valence-corrected chi connectivity index (χ0v) is 22.0. The van der Waals surface area contributed by atoms with Gasteiger partial charge in [-0.1, -0.05) is 90.1 Å². The number of aliphatic hydroxyl groups excluding tert-OH is 1. The summed E-state index contributed by atoms with van der Waals surface area (Å²) in [4.78, 5) is 28.4. The first kappa shape index (κ1) is 26.3. The van der Waals surface area contributed by atoms with Crippen LogP contribution in [0.15, 0.2) is 102 Å². The summed E-state index contributed by atoms with van der Waals surface area (Å²) in [6.07, 6.45) is -1.04. The molecule has 2 heterocycles. The van der Waals surface area contributed by atoms with Crippen molar-refractivity contribution in [2.24, 2.45) is 0 Å². The molecule has 0 radical (unpaired) electrons. The largest absolute Gasteiger partial charge is 0.440 e. The molecule has 1 fully saturated rings. The maximum atomic E-state index is 14.2. The van der Waals surface area contributed by atoms with Gasteiger partial charge < -0.3 is 19.1 Å². The molecule has 0 spiro atoms. The number of imide groups is 1. The van der Waals surface area contributed by atoms with Crippen molar-refractivity contribution in [2.75, 3.05) is 0 Å². The molecule has 8 heteroatoms. The second-order valence-corrected chi connectivity index (χ2v) is 10.2. The van der Waals surface area contributed by atoms with Gasteiger partial charge >= 0.3 is 6.09 Å². The zero-order valence-electron chi connectivity index (χ0n) is 22.0. The number of aliphatic hydroxyl groups is 1. The van der Waals surface area contributed by atoms with E-state index in [4.69, 9.17) is 14.0 Å². The molecule has 200 valence electrons. The Morgan fingerprint density at radius 2 is 1.62 bits per heavy atom. The number of rotatable bonds is 8. The highest BCUT2D eigenvalue weighted by molar-refractivity contribution is 5.99. The van der Waals surface area contributed by atoms with Crippen molar-refractivity contribution >= 4 is 12.0 Å². The summed E-state index contributed by atoms with van der Waals surface area (Å²) in [6.45, 7) is 4.94. The third kappa shape index (κ3) is 5.08. The minimum absolute atomic E-state index is 0.00545. The highest BCUT2D eigenvalue weighted by Gasteiger charge is 2.57. The maximum absolute atomic E-state index is 14.2. The molecule has 39 heavy (non-hydrogen) atoms. The highest BCUT2D eigenvalue weighted by atomic mass is 16.6. The fourth-order valence-corrected chi connectivity index (χ4v) is 4.93. The normalized spacial score (nSPS) is 18.8. The Labute approximate surface area is 226 Å². The smallest absolute Gasteiger partial charge is 0.417 e. The molecular weight excluding hydrogens is 496 g/mol. The van der Waals surface area contributed by atoms with Crippen LogP contribution >= 0.6 is 0 Å². The van der Waals surface area contributed by atoms with Crippen LogP contribution in [0.25, 0.3) is 11.1 Å². The molecule has 1 saturated heterocycles. The molecule has 8 nitrogen and oxygen atoms in total. The maximum Gasteiger partial charge on any atom is 0.417 e. The summed E-state index contributed by atoms with van der Waals surface area (Å²) in [7, 11) is 0. The average molecular weight is 527 g/mol. The lowest BCUT2D eigenvalue weighted by Gasteiger charge is -2.37. The van der Waals surface area contributed by atoms with Gasteiger partial charge in [-0.2, -0.15) is 0 Å². The molecule has 4 aromatic rings. The van der Waals surface area contributed by atoms with Crippen LogP contribution in [-0.4, -0.2) is 38.4 Å². The van der Waals surface area contributed by atoms with E-state index in [1.165, 1.54) is 19.3 Å². The molecule has 1 aliphatic rings. The molecule has 0 saturated carbocycles. The van der Waals surface area contributed by atoms with Crippen LogP contribution in [0.4, 0.5) is 4.79 Å². The molecule has 3 atom stereocenters. The van der Waals surface area contributed by atoms with Crippen LogP contribution in [0.1, 0.15) is 49.7 Å². The summed E-state index contributed by atoms with van der Waals surface area (Å²) < 4.78 is 16.7. The molecular formula is C31H30N2O6. The number of hydrogen-bond donors (Lipinski definition) is 1. The van der Waals surface area contributed by atoms with Gasteiger partial charge in [0.25, 0.3) is 5.91 Å². The van der Waals surface area contributed by atoms with Crippen molar-refractivity contribution in [3.63, 3.8) is 0 Å². The van der Waals surface area contributed by atoms with E-state index in [1.807, 2.05) is 84.9 Å². The van der Waals surface area contributed by atoms with E-state index >= 15 is 0 Å². The van der Waals surface area contributed by atoms with E-state index in [0.717, 1.165) is 27.2 Å². The molecule has 5 rings (SSSR count). The number of benzene rings is 3. The second-order valence-electron chi connectivity index (χ2n) is 10.2. The van der Waals surface area contributed by atoms with Gasteiger partial charge in [0.05, 0.1) is 6.61 Å². The van der Waals surface area contributed by atoms with Crippen molar-refractivity contribution < 1.29 is 28.7 Å². The molecule has 3 aromatic carbocycles. The SMILES string of the molecule is CC1(C)OC(=O)N(C(=O)[C@@](C)(OCc2ccc(-c3ccccc3)cc2)[C@@H](O)c2ccon2)[C@H]1c1ccccc1. The number of ether oxygens (including phenoxy) is 2. The summed E-state index contributed by atoms with van der Waals surface area (Å²) in [5.74, 6) is -0.747. The van der Waals surface area contributed by atoms with Crippen molar-refractivity contribution in [1.29, 1.82) is 0 Å². The second kappa shape index (κ2) is 10.5. The van der Waals surface area contributed by atoms with Gasteiger partial charge in [0.2, 0.25) is 0 Å². The van der Waals surface area contributed by atoms with E-state index < -0.39 is 35.3 Å². The van der Waals surface area contributed by atoms with Crippen LogP contribution in [0.3, 0.4) is 0 Å². The minimum Gasteiger partial charge on any atom is -0.440 e. The van der Waals surface area contributed by atoms with Crippen LogP contribution in [-0.2, 0) is 20.9 Å². The first-order valence-corrected chi connectivity index (χ1v) is 12.7. The monoisotopic (exact) mass is 526 g/mol. The number of carbonyl (C=O) groups excluding carboxylic acids is 2. The van der Waals surface area contributed by atoms with E-state index in [9.17, 15) is 14.7 Å². The summed E-state index contributed by atoms with van der Waals surface area (Å²) in [5, 5.41) is 15.2. The van der Waals surface area contributed by atoms with Gasteiger partial charge in [0.1, 0.15) is 29.7 Å². The van der Waals surface area contributed by atoms with E-state index in [0.29, 0.717) is 0 Å². The number of amides is 2. The van der Waals surface area contributed by atoms with E-state index in [-0.39, 0.29) is 12.3 Å². The number of cyclic esters (lactones) is 1. The van der Waals surface area contributed by atoms with Crippen molar-refractivity contribution in [3.05, 3.63) is 114 Å². The van der Waals surface area contributed by atoms with Crippen LogP contribution in [0.2, 0.25) is 0 Å². The van der Waals surface area contributed by atoms with Gasteiger partial charge in [0, 0.05) is 6.07 Å². The lowest BCUT2D eigenvalue weighted by Crippen LogP contribution is -2.54. The van der Waals surface area contributed by atoms with Crippen molar-refractivity contribution in [3.8, 4) is 11.1 Å². The molecule has 2 amide bonds. The summed E-state index contributed by atoms with van der Waals surface area (Å²) in [6, 6.07) is 27.6. The van der Waals surface area contributed by atoms with Gasteiger partial charge in [-0.15, -0.1) is 0 Å². The first-order chi connectivity index (χ1) is 18.7. The molecule has 0 unspecified atom stereocenters. The van der Waals surface area contributed by atoms with Gasteiger partial charge in [-0.3, -0.25) is 4.79 Å². The topological polar surface area (TPSA) is 102 Å². The lowest BCUT2D eigenvalue weighted by atomic mass is 9.88. The molecule has 1 aromatic heterocycles.